The minimum Gasteiger partial charge on any atom is -0.465 e. The predicted octanol–water partition coefficient (Wildman–Crippen LogP) is 2.34. The summed E-state index contributed by atoms with van der Waals surface area (Å²) in [5.41, 5.74) is 0.654. The summed E-state index contributed by atoms with van der Waals surface area (Å²) >= 11 is 0. The van der Waals surface area contributed by atoms with Gasteiger partial charge in [-0.05, 0) is 59.1 Å². The van der Waals surface area contributed by atoms with Crippen LogP contribution >= 0.6 is 0 Å². The van der Waals surface area contributed by atoms with Crippen molar-refractivity contribution in [2.45, 2.75) is 59.3 Å². The first kappa shape index (κ1) is 20.5. The van der Waals surface area contributed by atoms with E-state index in [1.165, 1.54) is 11.9 Å². The first-order valence-corrected chi connectivity index (χ1v) is 9.06. The highest BCUT2D eigenvalue weighted by Crippen LogP contribution is 2.36. The molecule has 1 aliphatic rings. The molecule has 26 heavy (non-hydrogen) atoms. The number of hydrogen-bond acceptors (Lipinski definition) is 5. The normalized spacial score (nSPS) is 18.0. The van der Waals surface area contributed by atoms with Gasteiger partial charge in [0.2, 0.25) is 0 Å². The van der Waals surface area contributed by atoms with E-state index in [4.69, 9.17) is 9.31 Å². The Balaban J connectivity index is 2.42. The van der Waals surface area contributed by atoms with Gasteiger partial charge in [0.05, 0.1) is 23.4 Å². The molecule has 2 heterocycles. The molecule has 0 unspecified atom stereocenters. The fourth-order valence-electron chi connectivity index (χ4n) is 2.81. The highest BCUT2D eigenvalue weighted by atomic mass is 16.7. The maximum Gasteiger partial charge on any atom is 0.495 e. The second kappa shape index (κ2) is 7.44. The standard InChI is InChI=1S/C18H30BN3O4/c1-8-22(9-2)15-11-13(10-14(20-15)12-21(7)16(23)24)19-25-17(3,4)18(5,6)26-19/h10-11H,8-9,12H2,1-7H3,(H,23,24). The summed E-state index contributed by atoms with van der Waals surface area (Å²) in [7, 11) is 1.02. The molecule has 1 amide bonds. The molecule has 144 valence electrons. The molecule has 0 spiro atoms. The van der Waals surface area contributed by atoms with Crippen LogP contribution in [0.2, 0.25) is 0 Å². The van der Waals surface area contributed by atoms with E-state index < -0.39 is 24.4 Å². The number of carboxylic acid groups (broad SMARTS) is 1. The third-order valence-electron chi connectivity index (χ3n) is 5.23. The van der Waals surface area contributed by atoms with Crippen LogP contribution in [0.4, 0.5) is 10.6 Å². The monoisotopic (exact) mass is 363 g/mol. The summed E-state index contributed by atoms with van der Waals surface area (Å²) < 4.78 is 12.3. The number of anilines is 1. The number of nitrogens with zero attached hydrogens (tertiary/aromatic N) is 3. The molecular formula is C18H30BN3O4. The molecular weight excluding hydrogens is 333 g/mol. The first-order chi connectivity index (χ1) is 12.0. The number of pyridine rings is 1. The van der Waals surface area contributed by atoms with E-state index in [2.05, 4.69) is 23.7 Å². The first-order valence-electron chi connectivity index (χ1n) is 9.06. The lowest BCUT2D eigenvalue weighted by atomic mass is 9.79. The zero-order chi connectivity index (χ0) is 19.7. The van der Waals surface area contributed by atoms with Crippen molar-refractivity contribution in [3.8, 4) is 0 Å². The van der Waals surface area contributed by atoms with Crippen LogP contribution in [-0.4, -0.2) is 59.5 Å². The summed E-state index contributed by atoms with van der Waals surface area (Å²) in [6.07, 6.45) is -0.989. The molecule has 1 fully saturated rings. The van der Waals surface area contributed by atoms with Gasteiger partial charge in [-0.3, -0.25) is 0 Å². The van der Waals surface area contributed by atoms with Crippen LogP contribution < -0.4 is 10.4 Å². The Morgan fingerprint density at radius 1 is 1.15 bits per heavy atom. The van der Waals surface area contributed by atoms with Crippen molar-refractivity contribution in [2.75, 3.05) is 25.0 Å². The van der Waals surface area contributed by atoms with Gasteiger partial charge in [0, 0.05) is 20.1 Å². The van der Waals surface area contributed by atoms with Crippen molar-refractivity contribution in [2.24, 2.45) is 0 Å². The van der Waals surface area contributed by atoms with E-state index in [1.54, 1.807) is 0 Å². The van der Waals surface area contributed by atoms with Crippen LogP contribution in [0.15, 0.2) is 12.1 Å². The van der Waals surface area contributed by atoms with Crippen LogP contribution in [0.25, 0.3) is 0 Å². The third kappa shape index (κ3) is 4.12. The number of aromatic nitrogens is 1. The molecule has 7 nitrogen and oxygen atoms in total. The van der Waals surface area contributed by atoms with Crippen molar-refractivity contribution in [3.05, 3.63) is 17.8 Å². The fraction of sp³-hybridized carbons (Fsp3) is 0.667. The molecule has 0 radical (unpaired) electrons. The molecule has 0 saturated carbocycles. The largest absolute Gasteiger partial charge is 0.495 e. The average Bonchev–Trinajstić information content (AvgIpc) is 2.76. The van der Waals surface area contributed by atoms with Gasteiger partial charge in [-0.25, -0.2) is 9.78 Å². The summed E-state index contributed by atoms with van der Waals surface area (Å²) in [5, 5.41) is 9.17. The molecule has 8 heteroatoms. The van der Waals surface area contributed by atoms with Gasteiger partial charge in [-0.15, -0.1) is 0 Å². The Morgan fingerprint density at radius 3 is 2.15 bits per heavy atom. The van der Waals surface area contributed by atoms with E-state index in [1.807, 2.05) is 39.8 Å². The summed E-state index contributed by atoms with van der Waals surface area (Å²) in [4.78, 5) is 19.2. The van der Waals surface area contributed by atoms with E-state index in [9.17, 15) is 9.90 Å². The zero-order valence-corrected chi connectivity index (χ0v) is 16.9. The molecule has 1 aliphatic heterocycles. The highest BCUT2D eigenvalue weighted by molar-refractivity contribution is 6.62. The SMILES string of the molecule is CCN(CC)c1cc(B2OC(C)(C)C(C)(C)O2)cc(CN(C)C(=O)O)n1. The van der Waals surface area contributed by atoms with E-state index in [0.29, 0.717) is 5.69 Å². The van der Waals surface area contributed by atoms with E-state index in [0.717, 1.165) is 24.4 Å². The topological polar surface area (TPSA) is 75.1 Å². The Morgan fingerprint density at radius 2 is 1.69 bits per heavy atom. The summed E-state index contributed by atoms with van der Waals surface area (Å²) in [5.74, 6) is 0.802. The number of carbonyl (C=O) groups is 1. The smallest absolute Gasteiger partial charge is 0.465 e. The molecule has 2 rings (SSSR count). The van der Waals surface area contributed by atoms with Gasteiger partial charge >= 0.3 is 13.2 Å². The third-order valence-corrected chi connectivity index (χ3v) is 5.23. The molecule has 1 aromatic heterocycles. The fourth-order valence-corrected chi connectivity index (χ4v) is 2.81. The van der Waals surface area contributed by atoms with E-state index >= 15 is 0 Å². The lowest BCUT2D eigenvalue weighted by molar-refractivity contribution is 0.00578. The number of hydrogen-bond donors (Lipinski definition) is 1. The second-order valence-electron chi connectivity index (χ2n) is 7.65. The summed E-state index contributed by atoms with van der Waals surface area (Å²) in [6.45, 7) is 14.0. The highest BCUT2D eigenvalue weighted by Gasteiger charge is 2.51. The average molecular weight is 363 g/mol. The Bertz CT molecular complexity index is 646. The van der Waals surface area contributed by atoms with Crippen molar-refractivity contribution < 1.29 is 19.2 Å². The maximum atomic E-state index is 11.2. The van der Waals surface area contributed by atoms with Crippen LogP contribution in [-0.2, 0) is 15.9 Å². The van der Waals surface area contributed by atoms with Crippen LogP contribution in [0, 0.1) is 0 Å². The van der Waals surface area contributed by atoms with Crippen molar-refractivity contribution >= 4 is 24.5 Å². The zero-order valence-electron chi connectivity index (χ0n) is 16.9. The van der Waals surface area contributed by atoms with Gasteiger partial charge in [-0.1, -0.05) is 0 Å². The van der Waals surface area contributed by atoms with Gasteiger partial charge < -0.3 is 24.2 Å². The molecule has 1 aromatic rings. The lowest BCUT2D eigenvalue weighted by Gasteiger charge is -2.32. The molecule has 1 saturated heterocycles. The van der Waals surface area contributed by atoms with Gasteiger partial charge in [0.15, 0.2) is 0 Å². The number of rotatable bonds is 6. The van der Waals surface area contributed by atoms with Crippen LogP contribution in [0.3, 0.4) is 0 Å². The Labute approximate surface area is 156 Å². The molecule has 0 atom stereocenters. The maximum absolute atomic E-state index is 11.2. The molecule has 1 N–H and O–H groups in total. The van der Waals surface area contributed by atoms with Gasteiger partial charge in [-0.2, -0.15) is 0 Å². The van der Waals surface area contributed by atoms with Gasteiger partial charge in [0.1, 0.15) is 5.82 Å². The molecule has 0 bridgehead atoms. The van der Waals surface area contributed by atoms with E-state index in [-0.39, 0.29) is 6.54 Å². The van der Waals surface area contributed by atoms with Crippen molar-refractivity contribution in [3.63, 3.8) is 0 Å². The molecule has 0 aliphatic carbocycles. The second-order valence-corrected chi connectivity index (χ2v) is 7.65. The lowest BCUT2D eigenvalue weighted by Crippen LogP contribution is -2.41. The quantitative estimate of drug-likeness (QED) is 0.782. The van der Waals surface area contributed by atoms with Crippen LogP contribution in [0.5, 0.6) is 0 Å². The number of amides is 1. The van der Waals surface area contributed by atoms with Gasteiger partial charge in [0.25, 0.3) is 0 Å². The minimum atomic E-state index is -0.989. The molecule has 0 aromatic carbocycles. The Kier molecular flexibility index (Phi) is 5.87. The Hall–Kier alpha value is -1.80. The minimum absolute atomic E-state index is 0.205. The van der Waals surface area contributed by atoms with Crippen molar-refractivity contribution in [1.29, 1.82) is 0 Å². The van der Waals surface area contributed by atoms with Crippen LogP contribution in [0.1, 0.15) is 47.2 Å². The summed E-state index contributed by atoms with van der Waals surface area (Å²) in [6, 6.07) is 3.84. The predicted molar refractivity (Wildman–Crippen MR) is 103 cm³/mol. The van der Waals surface area contributed by atoms with Crippen molar-refractivity contribution in [1.82, 2.24) is 9.88 Å².